The Hall–Kier alpha value is -3.35. The summed E-state index contributed by atoms with van der Waals surface area (Å²) in [5, 5.41) is 3.08. The highest BCUT2D eigenvalue weighted by atomic mass is 32.2. The first-order chi connectivity index (χ1) is 19.9. The molecule has 214 valence electrons. The molecule has 0 bridgehead atoms. The van der Waals surface area contributed by atoms with Crippen molar-refractivity contribution in [2.75, 3.05) is 24.5 Å². The number of thioether (sulfide) groups is 1. The first kappa shape index (κ1) is 29.2. The molecule has 0 spiro atoms. The molecule has 3 aromatic rings. The number of aryl methyl sites for hydroxylation is 2. The molecule has 0 aromatic heterocycles. The molecule has 0 radical (unpaired) electrons. The van der Waals surface area contributed by atoms with Gasteiger partial charge in [-0.3, -0.25) is 9.59 Å². The normalized spacial score (nSPS) is 18.4. The van der Waals surface area contributed by atoms with Crippen molar-refractivity contribution in [1.82, 2.24) is 10.2 Å². The zero-order valence-corrected chi connectivity index (χ0v) is 25.3. The second kappa shape index (κ2) is 13.5. The second-order valence-electron chi connectivity index (χ2n) is 11.2. The van der Waals surface area contributed by atoms with Gasteiger partial charge in [-0.15, -0.1) is 0 Å². The van der Waals surface area contributed by atoms with E-state index in [2.05, 4.69) is 55.3 Å². The van der Waals surface area contributed by atoms with Gasteiger partial charge in [0.2, 0.25) is 0 Å². The molecule has 0 unspecified atom stereocenters. The van der Waals surface area contributed by atoms with Gasteiger partial charge in [0, 0.05) is 29.6 Å². The molecule has 5 nitrogen and oxygen atoms in total. The van der Waals surface area contributed by atoms with Crippen LogP contribution in [0.3, 0.4) is 0 Å². The zero-order valence-electron chi connectivity index (χ0n) is 24.5. The molecule has 1 atom stereocenters. The molecule has 41 heavy (non-hydrogen) atoms. The summed E-state index contributed by atoms with van der Waals surface area (Å²) in [4.78, 5) is 32.7. The first-order valence-corrected chi connectivity index (χ1v) is 15.7. The Bertz CT molecular complexity index is 1420. The summed E-state index contributed by atoms with van der Waals surface area (Å²) in [6.07, 6.45) is 8.02. The highest BCUT2D eigenvalue weighted by Crippen LogP contribution is 2.42. The predicted octanol–water partition coefficient (Wildman–Crippen LogP) is 7.37. The third-order valence-electron chi connectivity index (χ3n) is 8.26. The Balaban J connectivity index is 1.23. The minimum Gasteiger partial charge on any atom is -0.352 e. The lowest BCUT2D eigenvalue weighted by Crippen LogP contribution is -2.40. The van der Waals surface area contributed by atoms with Gasteiger partial charge in [-0.05, 0) is 93.1 Å². The fourth-order valence-electron chi connectivity index (χ4n) is 5.85. The summed E-state index contributed by atoms with van der Waals surface area (Å²) in [5.74, 6) is -0.0536. The van der Waals surface area contributed by atoms with Crippen molar-refractivity contribution in [2.24, 2.45) is 0 Å². The smallest absolute Gasteiger partial charge is 0.265 e. The van der Waals surface area contributed by atoms with Gasteiger partial charge in [-0.25, -0.2) is 0 Å². The molecule has 3 aromatic carbocycles. The standard InChI is InChI=1S/C35H41N3O2S/c1-4-30-10-7-8-20-37(30)21-9-19-36-34(39)28-17-15-27(16-18-28)23-33-35(40)38(31-11-5-6-12-32(31)41-33)24-29-22-25(2)13-14-26(29)3/h5-6,11-18,22-23,30H,4,7-10,19-21,24H2,1-3H3,(H,36,39)/b33-23+/t30-/m1/s1. The molecule has 1 saturated heterocycles. The Morgan fingerprint density at radius 3 is 2.66 bits per heavy atom. The number of anilines is 1. The molecular weight excluding hydrogens is 526 g/mol. The van der Waals surface area contributed by atoms with Crippen LogP contribution >= 0.6 is 11.8 Å². The fraction of sp³-hybridized carbons (Fsp3) is 0.371. The summed E-state index contributed by atoms with van der Waals surface area (Å²) >= 11 is 1.51. The van der Waals surface area contributed by atoms with Crippen molar-refractivity contribution < 1.29 is 9.59 Å². The summed E-state index contributed by atoms with van der Waals surface area (Å²) in [6, 6.07) is 22.7. The quantitative estimate of drug-likeness (QED) is 0.217. The van der Waals surface area contributed by atoms with Gasteiger partial charge in [-0.2, -0.15) is 0 Å². The van der Waals surface area contributed by atoms with Gasteiger partial charge in [0.1, 0.15) is 0 Å². The van der Waals surface area contributed by atoms with Crippen LogP contribution in [0, 0.1) is 13.8 Å². The van der Waals surface area contributed by atoms with Gasteiger partial charge >= 0.3 is 0 Å². The van der Waals surface area contributed by atoms with Crippen molar-refractivity contribution in [3.8, 4) is 0 Å². The van der Waals surface area contributed by atoms with Crippen molar-refractivity contribution in [2.45, 2.75) is 70.4 Å². The third kappa shape index (κ3) is 7.11. The van der Waals surface area contributed by atoms with Gasteiger partial charge in [0.15, 0.2) is 0 Å². The van der Waals surface area contributed by atoms with Crippen LogP contribution < -0.4 is 10.2 Å². The van der Waals surface area contributed by atoms with Crippen LogP contribution in [0.2, 0.25) is 0 Å². The molecular formula is C35H41N3O2S. The number of carbonyl (C=O) groups excluding carboxylic acids is 2. The number of benzene rings is 3. The number of nitrogens with zero attached hydrogens (tertiary/aromatic N) is 2. The van der Waals surface area contributed by atoms with Gasteiger partial charge < -0.3 is 15.1 Å². The van der Waals surface area contributed by atoms with E-state index in [1.54, 1.807) is 0 Å². The number of para-hydroxylation sites is 1. The summed E-state index contributed by atoms with van der Waals surface area (Å²) < 4.78 is 0. The minimum absolute atomic E-state index is 0.00422. The molecule has 2 aliphatic heterocycles. The molecule has 0 aliphatic carbocycles. The maximum absolute atomic E-state index is 13.7. The Morgan fingerprint density at radius 2 is 1.85 bits per heavy atom. The third-order valence-corrected chi connectivity index (χ3v) is 9.34. The molecule has 0 saturated carbocycles. The highest BCUT2D eigenvalue weighted by molar-refractivity contribution is 8.04. The van der Waals surface area contributed by atoms with Crippen LogP contribution in [0.4, 0.5) is 5.69 Å². The average Bonchev–Trinajstić information content (AvgIpc) is 2.99. The van der Waals surface area contributed by atoms with E-state index < -0.39 is 0 Å². The van der Waals surface area contributed by atoms with E-state index in [1.807, 2.05) is 53.4 Å². The fourth-order valence-corrected chi connectivity index (χ4v) is 6.90. The minimum atomic E-state index is -0.0494. The van der Waals surface area contributed by atoms with Gasteiger partial charge in [-0.1, -0.05) is 73.1 Å². The van der Waals surface area contributed by atoms with E-state index in [0.29, 0.717) is 29.6 Å². The van der Waals surface area contributed by atoms with E-state index in [1.165, 1.54) is 55.1 Å². The lowest BCUT2D eigenvalue weighted by atomic mass is 10.00. The summed E-state index contributed by atoms with van der Waals surface area (Å²) in [7, 11) is 0. The van der Waals surface area contributed by atoms with E-state index in [-0.39, 0.29) is 11.8 Å². The number of carbonyl (C=O) groups is 2. The molecule has 1 N–H and O–H groups in total. The molecule has 1 fully saturated rings. The van der Waals surface area contributed by atoms with Crippen LogP contribution in [0.1, 0.15) is 71.6 Å². The Morgan fingerprint density at radius 1 is 1.05 bits per heavy atom. The van der Waals surface area contributed by atoms with Crippen molar-refractivity contribution in [1.29, 1.82) is 0 Å². The molecule has 2 amide bonds. The van der Waals surface area contributed by atoms with E-state index in [4.69, 9.17) is 0 Å². The molecule has 2 aliphatic rings. The summed E-state index contributed by atoms with van der Waals surface area (Å²) in [6.45, 7) is 9.87. The van der Waals surface area contributed by atoms with Crippen LogP contribution in [0.15, 0.2) is 76.5 Å². The van der Waals surface area contributed by atoms with Gasteiger partial charge in [0.25, 0.3) is 11.8 Å². The monoisotopic (exact) mass is 567 g/mol. The largest absolute Gasteiger partial charge is 0.352 e. The zero-order chi connectivity index (χ0) is 28.8. The maximum Gasteiger partial charge on any atom is 0.265 e. The van der Waals surface area contributed by atoms with Crippen LogP contribution in [0.5, 0.6) is 0 Å². The lowest BCUT2D eigenvalue weighted by molar-refractivity contribution is -0.114. The average molecular weight is 568 g/mol. The number of likely N-dealkylation sites (tertiary alicyclic amines) is 1. The van der Waals surface area contributed by atoms with Crippen LogP contribution in [0.25, 0.3) is 6.08 Å². The van der Waals surface area contributed by atoms with Crippen molar-refractivity contribution in [3.05, 3.63) is 99.5 Å². The Labute approximate surface area is 249 Å². The van der Waals surface area contributed by atoms with E-state index in [9.17, 15) is 9.59 Å². The van der Waals surface area contributed by atoms with E-state index in [0.717, 1.165) is 34.7 Å². The summed E-state index contributed by atoms with van der Waals surface area (Å²) in [5.41, 5.74) is 5.99. The molecule has 5 rings (SSSR count). The molecule has 2 heterocycles. The number of piperidine rings is 1. The Kier molecular flexibility index (Phi) is 9.63. The number of fused-ring (bicyclic) bond motifs is 1. The topological polar surface area (TPSA) is 52.7 Å². The number of hydrogen-bond donors (Lipinski definition) is 1. The van der Waals surface area contributed by atoms with Gasteiger partial charge in [0.05, 0.1) is 17.1 Å². The second-order valence-corrected chi connectivity index (χ2v) is 12.3. The SMILES string of the molecule is CC[C@@H]1CCCCN1CCCNC(=O)c1ccc(/C=C2/Sc3ccccc3N(Cc3cc(C)ccc3C)C2=O)cc1. The van der Waals surface area contributed by atoms with Crippen molar-refractivity contribution in [3.63, 3.8) is 0 Å². The number of rotatable bonds is 9. The number of hydrogen-bond acceptors (Lipinski definition) is 4. The lowest BCUT2D eigenvalue weighted by Gasteiger charge is -2.35. The predicted molar refractivity (Wildman–Crippen MR) is 170 cm³/mol. The van der Waals surface area contributed by atoms with Crippen LogP contribution in [-0.2, 0) is 11.3 Å². The van der Waals surface area contributed by atoms with Crippen LogP contribution in [-0.4, -0.2) is 42.4 Å². The molecule has 6 heteroatoms. The first-order valence-electron chi connectivity index (χ1n) is 14.9. The number of amides is 2. The van der Waals surface area contributed by atoms with Crippen molar-refractivity contribution >= 4 is 35.3 Å². The highest BCUT2D eigenvalue weighted by Gasteiger charge is 2.29. The van der Waals surface area contributed by atoms with E-state index >= 15 is 0 Å². The maximum atomic E-state index is 13.7. The number of nitrogens with one attached hydrogen (secondary N) is 1.